The molecule has 2 rings (SSSR count). The number of ether oxygens (including phenoxy) is 1. The highest BCUT2D eigenvalue weighted by atomic mass is 32.1. The molecule has 0 atom stereocenters. The summed E-state index contributed by atoms with van der Waals surface area (Å²) in [5.41, 5.74) is 5.99. The molecule has 108 valence electrons. The lowest BCUT2D eigenvalue weighted by molar-refractivity contribution is 0.103. The number of hydrogen-bond acceptors (Lipinski definition) is 4. The summed E-state index contributed by atoms with van der Waals surface area (Å²) in [5, 5.41) is 2.85. The van der Waals surface area contributed by atoms with Gasteiger partial charge in [-0.2, -0.15) is 0 Å². The predicted octanol–water partition coefficient (Wildman–Crippen LogP) is 2.71. The standard InChI is InChI=1S/C16H16N2O2S/c1-2-20-14-8-4-3-7-13(14)18-16(19)15-10-9-12(21-15)6-5-11-17/h3-4,7-10H,2,11,17H2,1H3,(H,18,19). The topological polar surface area (TPSA) is 64.3 Å². The van der Waals surface area contributed by atoms with Crippen LogP contribution in [-0.2, 0) is 0 Å². The lowest BCUT2D eigenvalue weighted by atomic mass is 10.3. The van der Waals surface area contributed by atoms with Crippen molar-refractivity contribution in [3.63, 3.8) is 0 Å². The quantitative estimate of drug-likeness (QED) is 0.853. The average Bonchev–Trinajstić information content (AvgIpc) is 2.96. The Labute approximate surface area is 127 Å². The number of carbonyl (C=O) groups excluding carboxylic acids is 1. The zero-order chi connectivity index (χ0) is 15.1. The van der Waals surface area contributed by atoms with Crippen molar-refractivity contribution in [3.05, 3.63) is 46.2 Å². The summed E-state index contributed by atoms with van der Waals surface area (Å²) in [7, 11) is 0. The van der Waals surface area contributed by atoms with Crippen LogP contribution in [0.4, 0.5) is 5.69 Å². The monoisotopic (exact) mass is 300 g/mol. The van der Waals surface area contributed by atoms with E-state index in [-0.39, 0.29) is 5.91 Å². The van der Waals surface area contributed by atoms with Crippen molar-refractivity contribution < 1.29 is 9.53 Å². The lowest BCUT2D eigenvalue weighted by Crippen LogP contribution is -2.11. The van der Waals surface area contributed by atoms with E-state index in [9.17, 15) is 4.79 Å². The molecule has 1 aromatic heterocycles. The summed E-state index contributed by atoms with van der Waals surface area (Å²) in [6, 6.07) is 10.9. The van der Waals surface area contributed by atoms with Crippen LogP contribution in [0.1, 0.15) is 21.5 Å². The fourth-order valence-corrected chi connectivity index (χ4v) is 2.48. The van der Waals surface area contributed by atoms with Crippen LogP contribution in [-0.4, -0.2) is 19.1 Å². The maximum atomic E-state index is 12.2. The van der Waals surface area contributed by atoms with Crippen molar-refractivity contribution >= 4 is 22.9 Å². The number of rotatable bonds is 4. The molecule has 5 heteroatoms. The van der Waals surface area contributed by atoms with Gasteiger partial charge >= 0.3 is 0 Å². The van der Waals surface area contributed by atoms with E-state index < -0.39 is 0 Å². The fraction of sp³-hybridized carbons (Fsp3) is 0.188. The summed E-state index contributed by atoms with van der Waals surface area (Å²) in [6.07, 6.45) is 0. The molecule has 0 saturated heterocycles. The van der Waals surface area contributed by atoms with Gasteiger partial charge in [-0.25, -0.2) is 0 Å². The number of carbonyl (C=O) groups is 1. The number of thiophene rings is 1. The van der Waals surface area contributed by atoms with Crippen LogP contribution in [0, 0.1) is 11.8 Å². The first-order valence-corrected chi connectivity index (χ1v) is 7.38. The maximum Gasteiger partial charge on any atom is 0.265 e. The number of nitrogens with two attached hydrogens (primary N) is 1. The van der Waals surface area contributed by atoms with Gasteiger partial charge in [0.1, 0.15) is 5.75 Å². The second kappa shape index (κ2) is 7.48. The number of anilines is 1. The molecule has 0 radical (unpaired) electrons. The Morgan fingerprint density at radius 1 is 1.33 bits per heavy atom. The van der Waals surface area contributed by atoms with Crippen LogP contribution in [0.5, 0.6) is 5.75 Å². The van der Waals surface area contributed by atoms with Crippen LogP contribution in [0.3, 0.4) is 0 Å². The minimum absolute atomic E-state index is 0.173. The van der Waals surface area contributed by atoms with Crippen molar-refractivity contribution in [2.24, 2.45) is 5.73 Å². The van der Waals surface area contributed by atoms with E-state index in [0.717, 1.165) is 4.88 Å². The van der Waals surface area contributed by atoms with Gasteiger partial charge in [0.05, 0.1) is 28.6 Å². The van der Waals surface area contributed by atoms with E-state index in [1.165, 1.54) is 11.3 Å². The average molecular weight is 300 g/mol. The number of nitrogens with one attached hydrogen (secondary N) is 1. The van der Waals surface area contributed by atoms with E-state index in [2.05, 4.69) is 17.2 Å². The molecule has 1 amide bonds. The van der Waals surface area contributed by atoms with Gasteiger partial charge in [-0.15, -0.1) is 11.3 Å². The Kier molecular flexibility index (Phi) is 5.38. The van der Waals surface area contributed by atoms with Gasteiger partial charge in [0.15, 0.2) is 0 Å². The zero-order valence-electron chi connectivity index (χ0n) is 11.7. The van der Waals surface area contributed by atoms with Gasteiger partial charge in [-0.1, -0.05) is 24.0 Å². The summed E-state index contributed by atoms with van der Waals surface area (Å²) in [5.74, 6) is 6.17. The second-order valence-electron chi connectivity index (χ2n) is 4.05. The van der Waals surface area contributed by atoms with E-state index in [4.69, 9.17) is 10.5 Å². The molecule has 4 nitrogen and oxygen atoms in total. The molecule has 0 unspecified atom stereocenters. The first kappa shape index (κ1) is 15.1. The molecule has 2 aromatic rings. The van der Waals surface area contributed by atoms with Gasteiger partial charge < -0.3 is 15.8 Å². The van der Waals surface area contributed by atoms with Gasteiger partial charge in [0.2, 0.25) is 0 Å². The van der Waals surface area contributed by atoms with Gasteiger partial charge in [0.25, 0.3) is 5.91 Å². The predicted molar refractivity (Wildman–Crippen MR) is 85.8 cm³/mol. The third-order valence-electron chi connectivity index (χ3n) is 2.58. The number of benzene rings is 1. The van der Waals surface area contributed by atoms with Crippen molar-refractivity contribution in [2.45, 2.75) is 6.92 Å². The first-order chi connectivity index (χ1) is 10.2. The molecule has 3 N–H and O–H groups in total. The minimum atomic E-state index is -0.173. The number of hydrogen-bond donors (Lipinski definition) is 2. The molecular weight excluding hydrogens is 284 g/mol. The first-order valence-electron chi connectivity index (χ1n) is 6.56. The van der Waals surface area contributed by atoms with Crippen LogP contribution in [0.15, 0.2) is 36.4 Å². The van der Waals surface area contributed by atoms with Crippen molar-refractivity contribution in [3.8, 4) is 17.6 Å². The highest BCUT2D eigenvalue weighted by molar-refractivity contribution is 7.14. The maximum absolute atomic E-state index is 12.2. The van der Waals surface area contributed by atoms with Gasteiger partial charge in [0, 0.05) is 0 Å². The SMILES string of the molecule is CCOc1ccccc1NC(=O)c1ccc(C#CCN)s1. The van der Waals surface area contributed by atoms with E-state index >= 15 is 0 Å². The van der Waals surface area contributed by atoms with Crippen molar-refractivity contribution in [2.75, 3.05) is 18.5 Å². The summed E-state index contributed by atoms with van der Waals surface area (Å²) >= 11 is 1.34. The van der Waals surface area contributed by atoms with Crippen LogP contribution < -0.4 is 15.8 Å². The smallest absolute Gasteiger partial charge is 0.265 e. The molecule has 1 aromatic carbocycles. The van der Waals surface area contributed by atoms with Crippen LogP contribution in [0.25, 0.3) is 0 Å². The molecule has 21 heavy (non-hydrogen) atoms. The Bertz CT molecular complexity index is 683. The molecule has 0 fully saturated rings. The Balaban J connectivity index is 2.13. The normalized spacial score (nSPS) is 9.62. The van der Waals surface area contributed by atoms with Crippen molar-refractivity contribution in [1.82, 2.24) is 0 Å². The molecular formula is C16H16N2O2S. The number of amides is 1. The fourth-order valence-electron chi connectivity index (χ4n) is 1.70. The Morgan fingerprint density at radius 2 is 2.14 bits per heavy atom. The van der Waals surface area contributed by atoms with Crippen LogP contribution in [0.2, 0.25) is 0 Å². The highest BCUT2D eigenvalue weighted by Gasteiger charge is 2.11. The molecule has 0 aliphatic heterocycles. The lowest BCUT2D eigenvalue weighted by Gasteiger charge is -2.10. The zero-order valence-corrected chi connectivity index (χ0v) is 12.5. The van der Waals surface area contributed by atoms with Gasteiger partial charge in [-0.3, -0.25) is 4.79 Å². The second-order valence-corrected chi connectivity index (χ2v) is 5.14. The molecule has 0 aliphatic rings. The highest BCUT2D eigenvalue weighted by Crippen LogP contribution is 2.25. The summed E-state index contributed by atoms with van der Waals surface area (Å²) < 4.78 is 5.48. The van der Waals surface area contributed by atoms with Crippen LogP contribution >= 0.6 is 11.3 Å². The molecule has 1 heterocycles. The summed E-state index contributed by atoms with van der Waals surface area (Å²) in [6.45, 7) is 2.76. The molecule has 0 spiro atoms. The minimum Gasteiger partial charge on any atom is -0.492 e. The van der Waals surface area contributed by atoms with E-state index in [1.54, 1.807) is 6.07 Å². The summed E-state index contributed by atoms with van der Waals surface area (Å²) in [4.78, 5) is 13.7. The molecule has 0 aliphatic carbocycles. The van der Waals surface area contributed by atoms with E-state index in [1.807, 2.05) is 37.3 Å². The van der Waals surface area contributed by atoms with Crippen molar-refractivity contribution in [1.29, 1.82) is 0 Å². The third kappa shape index (κ3) is 4.09. The molecule has 0 bridgehead atoms. The third-order valence-corrected chi connectivity index (χ3v) is 3.58. The number of para-hydroxylation sites is 2. The Morgan fingerprint density at radius 3 is 2.90 bits per heavy atom. The largest absolute Gasteiger partial charge is 0.492 e. The van der Waals surface area contributed by atoms with E-state index in [0.29, 0.717) is 29.5 Å². The van der Waals surface area contributed by atoms with Gasteiger partial charge in [-0.05, 0) is 31.2 Å². The molecule has 0 saturated carbocycles. The Hall–Kier alpha value is -2.29.